The Morgan fingerprint density at radius 3 is 2.72 bits per heavy atom. The van der Waals surface area contributed by atoms with E-state index in [-0.39, 0.29) is 22.4 Å². The summed E-state index contributed by atoms with van der Waals surface area (Å²) in [5, 5.41) is 0.216. The largest absolute Gasteiger partial charge is 0.405 e. The molecule has 0 fully saturated rings. The SMILES string of the molecule is Cc1ccc2c(n1)C(=O)N1c3cccc(Cl)c3C(=O)OC21OC(C)C. The van der Waals surface area contributed by atoms with Gasteiger partial charge >= 0.3 is 11.9 Å². The van der Waals surface area contributed by atoms with Gasteiger partial charge in [-0.2, -0.15) is 0 Å². The number of hydrogen-bond donors (Lipinski definition) is 0. The maximum atomic E-state index is 13.1. The predicted octanol–water partition coefficient (Wildman–Crippen LogP) is 3.41. The smallest absolute Gasteiger partial charge is 0.345 e. The highest BCUT2D eigenvalue weighted by molar-refractivity contribution is 6.35. The number of nitrogens with zero attached hydrogens (tertiary/aromatic N) is 2. The van der Waals surface area contributed by atoms with Crippen molar-refractivity contribution in [2.45, 2.75) is 32.8 Å². The summed E-state index contributed by atoms with van der Waals surface area (Å²) in [4.78, 5) is 31.4. The normalized spacial score (nSPS) is 21.1. The van der Waals surface area contributed by atoms with Gasteiger partial charge in [0.25, 0.3) is 5.91 Å². The van der Waals surface area contributed by atoms with Gasteiger partial charge in [-0.3, -0.25) is 4.79 Å². The number of carbonyl (C=O) groups is 2. The van der Waals surface area contributed by atoms with Gasteiger partial charge in [-0.1, -0.05) is 17.7 Å². The number of esters is 1. The Morgan fingerprint density at radius 2 is 2.00 bits per heavy atom. The Bertz CT molecular complexity index is 927. The van der Waals surface area contributed by atoms with E-state index >= 15 is 0 Å². The molecule has 3 heterocycles. The van der Waals surface area contributed by atoms with Crippen LogP contribution in [0.1, 0.15) is 46.0 Å². The quantitative estimate of drug-likeness (QED) is 0.769. The van der Waals surface area contributed by atoms with Crippen molar-refractivity contribution in [3.05, 3.63) is 57.9 Å². The number of fused-ring (bicyclic) bond motifs is 5. The number of anilines is 1. The number of halogens is 1. The van der Waals surface area contributed by atoms with Crippen LogP contribution in [-0.2, 0) is 15.4 Å². The van der Waals surface area contributed by atoms with Crippen LogP contribution < -0.4 is 4.90 Å². The standard InChI is InChI=1S/C18H15ClN2O4/c1-9(2)24-18-11-8-7-10(3)20-15(11)16(22)21(18)13-6-4-5-12(19)14(13)17(23)25-18/h4-9H,1-3H3. The van der Waals surface area contributed by atoms with Crippen molar-refractivity contribution in [2.75, 3.05) is 4.90 Å². The molecule has 0 N–H and O–H groups in total. The van der Waals surface area contributed by atoms with E-state index in [1.807, 2.05) is 0 Å². The average molecular weight is 359 g/mol. The number of aryl methyl sites for hydroxylation is 1. The average Bonchev–Trinajstić information content (AvgIpc) is 2.75. The van der Waals surface area contributed by atoms with Crippen molar-refractivity contribution >= 4 is 29.2 Å². The van der Waals surface area contributed by atoms with Gasteiger partial charge in [0.15, 0.2) is 0 Å². The van der Waals surface area contributed by atoms with Crippen LogP contribution in [0.5, 0.6) is 0 Å². The van der Waals surface area contributed by atoms with Gasteiger partial charge in [-0.05, 0) is 45.0 Å². The second kappa shape index (κ2) is 5.28. The first-order valence-corrected chi connectivity index (χ1v) is 8.25. The first kappa shape index (κ1) is 16.1. The number of ether oxygens (including phenoxy) is 2. The molecule has 0 saturated carbocycles. The highest BCUT2D eigenvalue weighted by Crippen LogP contribution is 2.49. The molecule has 0 spiro atoms. The van der Waals surface area contributed by atoms with Gasteiger partial charge in [0.2, 0.25) is 0 Å². The summed E-state index contributed by atoms with van der Waals surface area (Å²) in [7, 11) is 0. The lowest BCUT2D eigenvalue weighted by atomic mass is 10.1. The second-order valence-electron chi connectivity index (χ2n) is 6.26. The fourth-order valence-electron chi connectivity index (χ4n) is 3.24. The number of rotatable bonds is 2. The molecule has 6 nitrogen and oxygen atoms in total. The first-order valence-electron chi connectivity index (χ1n) is 7.87. The molecule has 2 aliphatic rings. The molecule has 0 radical (unpaired) electrons. The van der Waals surface area contributed by atoms with Crippen LogP contribution in [0.15, 0.2) is 30.3 Å². The maximum Gasteiger partial charge on any atom is 0.345 e. The lowest BCUT2D eigenvalue weighted by Gasteiger charge is -2.42. The van der Waals surface area contributed by atoms with Crippen LogP contribution in [0.25, 0.3) is 0 Å². The van der Waals surface area contributed by atoms with Gasteiger partial charge in [-0.25, -0.2) is 14.7 Å². The Kier molecular flexibility index (Phi) is 3.39. The van der Waals surface area contributed by atoms with Crippen molar-refractivity contribution in [3.8, 4) is 0 Å². The molecule has 0 aliphatic carbocycles. The molecule has 0 bridgehead atoms. The molecule has 1 amide bonds. The van der Waals surface area contributed by atoms with Crippen molar-refractivity contribution < 1.29 is 19.1 Å². The van der Waals surface area contributed by atoms with E-state index < -0.39 is 17.8 Å². The van der Waals surface area contributed by atoms with E-state index in [0.717, 1.165) is 0 Å². The molecule has 1 atom stereocenters. The molecule has 2 aliphatic heterocycles. The number of benzene rings is 1. The molecule has 0 saturated heterocycles. The van der Waals surface area contributed by atoms with Crippen molar-refractivity contribution in [3.63, 3.8) is 0 Å². The minimum absolute atomic E-state index is 0.144. The minimum atomic E-state index is -1.67. The third-order valence-electron chi connectivity index (χ3n) is 4.14. The molecular formula is C18H15ClN2O4. The van der Waals surface area contributed by atoms with Gasteiger partial charge in [-0.15, -0.1) is 0 Å². The lowest BCUT2D eigenvalue weighted by molar-refractivity contribution is -0.226. The zero-order chi connectivity index (χ0) is 17.9. The highest BCUT2D eigenvalue weighted by Gasteiger charge is 2.60. The van der Waals surface area contributed by atoms with Gasteiger partial charge in [0, 0.05) is 5.69 Å². The Balaban J connectivity index is 2.04. The summed E-state index contributed by atoms with van der Waals surface area (Å²) in [6.45, 7) is 5.40. The van der Waals surface area contributed by atoms with Gasteiger partial charge in [0.05, 0.1) is 22.4 Å². The lowest BCUT2D eigenvalue weighted by Crippen LogP contribution is -2.54. The van der Waals surface area contributed by atoms with E-state index in [0.29, 0.717) is 16.9 Å². The molecule has 128 valence electrons. The topological polar surface area (TPSA) is 68.7 Å². The van der Waals surface area contributed by atoms with Crippen LogP contribution in [0, 0.1) is 6.92 Å². The van der Waals surface area contributed by atoms with E-state index in [1.165, 1.54) is 4.90 Å². The summed E-state index contributed by atoms with van der Waals surface area (Å²) in [5.41, 5.74) is 1.80. The molecule has 2 aromatic rings. The molecular weight excluding hydrogens is 344 g/mol. The van der Waals surface area contributed by atoms with Crippen molar-refractivity contribution in [1.82, 2.24) is 4.98 Å². The zero-order valence-corrected chi connectivity index (χ0v) is 14.6. The molecule has 4 rings (SSSR count). The zero-order valence-electron chi connectivity index (χ0n) is 13.9. The molecule has 1 aromatic heterocycles. The third-order valence-corrected chi connectivity index (χ3v) is 4.45. The van der Waals surface area contributed by atoms with Crippen LogP contribution in [-0.4, -0.2) is 23.0 Å². The Hall–Kier alpha value is -2.44. The predicted molar refractivity (Wildman–Crippen MR) is 90.6 cm³/mol. The summed E-state index contributed by atoms with van der Waals surface area (Å²) in [5.74, 6) is -2.70. The number of pyridine rings is 1. The van der Waals surface area contributed by atoms with E-state index in [2.05, 4.69) is 4.98 Å². The van der Waals surface area contributed by atoms with Crippen LogP contribution >= 0.6 is 11.6 Å². The summed E-state index contributed by atoms with van der Waals surface area (Å²) in [6.07, 6.45) is -0.309. The van der Waals surface area contributed by atoms with Crippen molar-refractivity contribution in [1.29, 1.82) is 0 Å². The molecule has 1 aromatic carbocycles. The Morgan fingerprint density at radius 1 is 1.24 bits per heavy atom. The van der Waals surface area contributed by atoms with Crippen LogP contribution in [0.2, 0.25) is 5.02 Å². The van der Waals surface area contributed by atoms with Gasteiger partial charge < -0.3 is 9.47 Å². The summed E-state index contributed by atoms with van der Waals surface area (Å²) < 4.78 is 11.7. The summed E-state index contributed by atoms with van der Waals surface area (Å²) in [6, 6.07) is 8.36. The van der Waals surface area contributed by atoms with Gasteiger partial charge in [0.1, 0.15) is 11.3 Å². The first-order chi connectivity index (χ1) is 11.8. The monoisotopic (exact) mass is 358 g/mol. The fraction of sp³-hybridized carbons (Fsp3) is 0.278. The van der Waals surface area contributed by atoms with E-state index in [9.17, 15) is 9.59 Å². The van der Waals surface area contributed by atoms with Crippen molar-refractivity contribution in [2.24, 2.45) is 0 Å². The number of carbonyl (C=O) groups excluding carboxylic acids is 2. The second-order valence-corrected chi connectivity index (χ2v) is 6.67. The fourth-order valence-corrected chi connectivity index (χ4v) is 3.49. The number of aromatic nitrogens is 1. The number of hydrogen-bond acceptors (Lipinski definition) is 5. The van der Waals surface area contributed by atoms with E-state index in [1.54, 1.807) is 51.1 Å². The highest BCUT2D eigenvalue weighted by atomic mass is 35.5. The van der Waals surface area contributed by atoms with Crippen LogP contribution in [0.4, 0.5) is 5.69 Å². The van der Waals surface area contributed by atoms with Crippen LogP contribution in [0.3, 0.4) is 0 Å². The molecule has 1 unspecified atom stereocenters. The summed E-state index contributed by atoms with van der Waals surface area (Å²) >= 11 is 6.17. The third kappa shape index (κ3) is 2.11. The van der Waals surface area contributed by atoms with E-state index in [4.69, 9.17) is 21.1 Å². The maximum absolute atomic E-state index is 13.1. The number of amides is 1. The molecule has 7 heteroatoms. The molecule has 25 heavy (non-hydrogen) atoms. The Labute approximate surface area is 149 Å². The minimum Gasteiger partial charge on any atom is -0.405 e.